The van der Waals surface area contributed by atoms with Gasteiger partial charge < -0.3 is 29.7 Å². The minimum atomic E-state index is -4.65. The van der Waals surface area contributed by atoms with Gasteiger partial charge in [0.2, 0.25) is 11.3 Å². The predicted octanol–water partition coefficient (Wildman–Crippen LogP) is 4.28. The third-order valence-electron chi connectivity index (χ3n) is 8.82. The Hall–Kier alpha value is -5.13. The van der Waals surface area contributed by atoms with Crippen LogP contribution in [0.15, 0.2) is 35.5 Å². The summed E-state index contributed by atoms with van der Waals surface area (Å²) in [6.07, 6.45) is -2.42. The molecular formula is C32H31ClF5N9O4. The van der Waals surface area contributed by atoms with Gasteiger partial charge in [-0.3, -0.25) is 14.4 Å². The van der Waals surface area contributed by atoms with Crippen LogP contribution in [0.25, 0.3) is 11.2 Å². The molecule has 2 fully saturated rings. The molecule has 5 heterocycles. The Labute approximate surface area is 291 Å². The number of aryl methyl sites for hydroxylation is 1. The number of fused-ring (bicyclic) bond motifs is 1. The van der Waals surface area contributed by atoms with E-state index in [0.717, 1.165) is 12.1 Å². The average molecular weight is 736 g/mol. The van der Waals surface area contributed by atoms with E-state index in [1.165, 1.54) is 33.8 Å². The molecule has 2 aliphatic heterocycles. The molecule has 2 saturated heterocycles. The number of carbonyl (C=O) groups excluding carboxylic acids is 2. The number of carbonyl (C=O) groups is 2. The molecule has 6 rings (SSSR count). The van der Waals surface area contributed by atoms with Crippen LogP contribution in [-0.2, 0) is 23.9 Å². The summed E-state index contributed by atoms with van der Waals surface area (Å²) in [5.41, 5.74) is -1.21. The van der Waals surface area contributed by atoms with E-state index in [4.69, 9.17) is 11.6 Å². The van der Waals surface area contributed by atoms with Crippen LogP contribution in [0.2, 0.25) is 5.02 Å². The molecule has 0 spiro atoms. The number of benzene rings is 1. The monoisotopic (exact) mass is 735 g/mol. The normalized spacial score (nSPS) is 16.2. The van der Waals surface area contributed by atoms with Crippen LogP contribution >= 0.6 is 11.6 Å². The van der Waals surface area contributed by atoms with E-state index in [0.29, 0.717) is 11.8 Å². The molecule has 51 heavy (non-hydrogen) atoms. The fraction of sp³-hybridized carbons (Fsp3) is 0.406. The molecule has 2 aliphatic rings. The maximum Gasteiger partial charge on any atom is 0.416 e. The van der Waals surface area contributed by atoms with Gasteiger partial charge in [0.15, 0.2) is 22.6 Å². The quantitative estimate of drug-likeness (QED) is 0.264. The van der Waals surface area contributed by atoms with E-state index in [2.05, 4.69) is 25.3 Å². The smallest absolute Gasteiger partial charge is 0.416 e. The lowest BCUT2D eigenvalue weighted by Crippen LogP contribution is -2.50. The molecule has 2 N–H and O–H groups in total. The number of aromatic hydroxyl groups is 1. The van der Waals surface area contributed by atoms with Gasteiger partial charge in [0.1, 0.15) is 24.4 Å². The van der Waals surface area contributed by atoms with Gasteiger partial charge in [-0.1, -0.05) is 18.5 Å². The number of pyridine rings is 1. The van der Waals surface area contributed by atoms with Gasteiger partial charge >= 0.3 is 6.18 Å². The molecule has 0 saturated carbocycles. The van der Waals surface area contributed by atoms with E-state index >= 15 is 0 Å². The van der Waals surface area contributed by atoms with E-state index in [9.17, 15) is 41.4 Å². The second-order valence-electron chi connectivity index (χ2n) is 12.2. The van der Waals surface area contributed by atoms with Gasteiger partial charge in [-0.15, -0.1) is 0 Å². The van der Waals surface area contributed by atoms with E-state index in [1.807, 2.05) is 0 Å². The first kappa shape index (κ1) is 35.7. The van der Waals surface area contributed by atoms with E-state index < -0.39 is 54.4 Å². The van der Waals surface area contributed by atoms with Gasteiger partial charge in [0.25, 0.3) is 11.8 Å². The first-order valence-electron chi connectivity index (χ1n) is 15.8. The Morgan fingerprint density at radius 2 is 1.78 bits per heavy atom. The SMILES string of the molecule is CCc1c(N2CCN(C(=O)c3ncnc(C)c3O)CC2)c(=O)c2nc(N3CCC(F)(F)C3)cnc2n1CC(=O)Nc1ccc(C(F)(F)F)cc1Cl. The van der Waals surface area contributed by atoms with Crippen molar-refractivity contribution in [1.82, 2.24) is 29.4 Å². The predicted molar refractivity (Wildman–Crippen MR) is 177 cm³/mol. The zero-order valence-corrected chi connectivity index (χ0v) is 28.0. The number of amides is 2. The maximum atomic E-state index is 14.2. The summed E-state index contributed by atoms with van der Waals surface area (Å²) < 4.78 is 69.2. The summed E-state index contributed by atoms with van der Waals surface area (Å²) in [7, 11) is 0. The molecule has 1 aromatic carbocycles. The molecule has 0 unspecified atom stereocenters. The van der Waals surface area contributed by atoms with Crippen molar-refractivity contribution >= 4 is 51.8 Å². The number of hydrogen-bond acceptors (Lipinski definition) is 10. The van der Waals surface area contributed by atoms with Crippen LogP contribution in [0.5, 0.6) is 5.75 Å². The van der Waals surface area contributed by atoms with Crippen molar-refractivity contribution in [2.45, 2.75) is 45.3 Å². The first-order chi connectivity index (χ1) is 24.1. The molecule has 0 radical (unpaired) electrons. The highest BCUT2D eigenvalue weighted by Crippen LogP contribution is 2.34. The summed E-state index contributed by atoms with van der Waals surface area (Å²) in [4.78, 5) is 62.1. The third-order valence-corrected chi connectivity index (χ3v) is 9.13. The van der Waals surface area contributed by atoms with Crippen LogP contribution in [0.3, 0.4) is 0 Å². The zero-order chi connectivity index (χ0) is 36.8. The first-order valence-corrected chi connectivity index (χ1v) is 16.2. The van der Waals surface area contributed by atoms with Crippen molar-refractivity contribution < 1.29 is 36.6 Å². The van der Waals surface area contributed by atoms with Crippen molar-refractivity contribution in [2.24, 2.45) is 0 Å². The lowest BCUT2D eigenvalue weighted by molar-refractivity contribution is -0.137. The minimum absolute atomic E-state index is 0.00704. The fourth-order valence-corrected chi connectivity index (χ4v) is 6.42. The van der Waals surface area contributed by atoms with E-state index in [-0.39, 0.29) is 89.7 Å². The number of rotatable bonds is 7. The molecule has 0 atom stereocenters. The van der Waals surface area contributed by atoms with Crippen molar-refractivity contribution in [2.75, 3.05) is 54.4 Å². The van der Waals surface area contributed by atoms with Crippen LogP contribution in [0, 0.1) is 6.92 Å². The zero-order valence-electron chi connectivity index (χ0n) is 27.3. The van der Waals surface area contributed by atoms with Gasteiger partial charge in [-0.2, -0.15) is 13.2 Å². The molecule has 270 valence electrons. The van der Waals surface area contributed by atoms with Crippen LogP contribution in [0.4, 0.5) is 39.1 Å². The summed E-state index contributed by atoms with van der Waals surface area (Å²) in [6, 6.07) is 2.49. The number of piperazine rings is 1. The van der Waals surface area contributed by atoms with Gasteiger partial charge in [-0.25, -0.2) is 28.7 Å². The standard InChI is InChI=1S/C32H31ClF5N9O4/c1-3-21-26(44-8-10-45(11-9-44)30(51)25-27(49)17(2)40-16-41-25)28(50)24-29(39-13-22(43-24)46-7-6-31(34,35)15-46)47(21)14-23(48)42-20-5-4-18(12-19(20)33)32(36,37)38/h4-5,12-13,16,49H,3,6-11,14-15H2,1-2H3,(H,42,48). The summed E-state index contributed by atoms with van der Waals surface area (Å²) in [6.45, 7) is 2.75. The Morgan fingerprint density at radius 1 is 1.06 bits per heavy atom. The fourth-order valence-electron chi connectivity index (χ4n) is 6.19. The number of halogens is 6. The number of alkyl halides is 5. The van der Waals surface area contributed by atoms with Gasteiger partial charge in [-0.05, 0) is 31.5 Å². The van der Waals surface area contributed by atoms with Gasteiger partial charge in [0.05, 0.1) is 34.7 Å². The van der Waals surface area contributed by atoms with Crippen molar-refractivity contribution in [3.63, 3.8) is 0 Å². The number of hydrogen-bond donors (Lipinski definition) is 2. The second-order valence-corrected chi connectivity index (χ2v) is 12.6. The number of anilines is 3. The highest BCUT2D eigenvalue weighted by molar-refractivity contribution is 6.33. The Balaban J connectivity index is 1.36. The van der Waals surface area contributed by atoms with Crippen LogP contribution in [0.1, 0.15) is 40.8 Å². The number of nitrogens with one attached hydrogen (secondary N) is 1. The van der Waals surface area contributed by atoms with Crippen LogP contribution < -0.4 is 20.5 Å². The molecule has 3 aromatic heterocycles. The topological polar surface area (TPSA) is 150 Å². The summed E-state index contributed by atoms with van der Waals surface area (Å²) in [5.74, 6) is -4.47. The highest BCUT2D eigenvalue weighted by Gasteiger charge is 2.39. The van der Waals surface area contributed by atoms with Gasteiger partial charge in [0, 0.05) is 44.8 Å². The van der Waals surface area contributed by atoms with Crippen LogP contribution in [-0.4, -0.2) is 91.5 Å². The Kier molecular flexibility index (Phi) is 9.47. The number of aromatic nitrogens is 5. The largest absolute Gasteiger partial charge is 0.504 e. The molecule has 0 bridgehead atoms. The highest BCUT2D eigenvalue weighted by atomic mass is 35.5. The van der Waals surface area contributed by atoms with Crippen molar-refractivity contribution in [3.05, 3.63) is 68.6 Å². The lowest BCUT2D eigenvalue weighted by atomic mass is 10.1. The molecule has 2 amide bonds. The summed E-state index contributed by atoms with van der Waals surface area (Å²) in [5, 5.41) is 12.5. The van der Waals surface area contributed by atoms with Crippen molar-refractivity contribution in [1.29, 1.82) is 0 Å². The third kappa shape index (κ3) is 7.09. The molecular weight excluding hydrogens is 705 g/mol. The second kappa shape index (κ2) is 13.5. The Morgan fingerprint density at radius 3 is 2.41 bits per heavy atom. The average Bonchev–Trinajstić information content (AvgIpc) is 3.46. The molecule has 13 nitrogen and oxygen atoms in total. The minimum Gasteiger partial charge on any atom is -0.504 e. The van der Waals surface area contributed by atoms with E-state index in [1.54, 1.807) is 11.8 Å². The molecule has 4 aromatic rings. The molecule has 0 aliphatic carbocycles. The summed E-state index contributed by atoms with van der Waals surface area (Å²) >= 11 is 6.07. The molecule has 19 heteroatoms. The van der Waals surface area contributed by atoms with Crippen molar-refractivity contribution in [3.8, 4) is 5.75 Å². The maximum absolute atomic E-state index is 14.2. The lowest BCUT2D eigenvalue weighted by Gasteiger charge is -2.37. The number of nitrogens with zero attached hydrogens (tertiary/aromatic N) is 8. The Bertz CT molecular complexity index is 2090.